The number of carboxylic acid groups (broad SMARTS) is 1. The highest BCUT2D eigenvalue weighted by molar-refractivity contribution is 6.34. The Morgan fingerprint density at radius 3 is 2.47 bits per heavy atom. The lowest BCUT2D eigenvalue weighted by Crippen LogP contribution is -2.41. The van der Waals surface area contributed by atoms with E-state index in [-0.39, 0.29) is 21.8 Å². The Labute approximate surface area is 120 Å². The molecule has 19 heavy (non-hydrogen) atoms. The van der Waals surface area contributed by atoms with E-state index in [0.717, 1.165) is 0 Å². The second-order valence-corrected chi connectivity index (χ2v) is 5.21. The Bertz CT molecular complexity index is 492. The maximum absolute atomic E-state index is 11.9. The number of carboxylic acids is 1. The predicted molar refractivity (Wildman–Crippen MR) is 72.6 cm³/mol. The molecule has 0 radical (unpaired) electrons. The van der Waals surface area contributed by atoms with Crippen LogP contribution in [0.2, 0.25) is 10.3 Å². The number of halogens is 2. The first kappa shape index (κ1) is 15.7. The summed E-state index contributed by atoms with van der Waals surface area (Å²) in [5.41, 5.74) is 0.0982. The first-order valence-electron chi connectivity index (χ1n) is 5.67. The van der Waals surface area contributed by atoms with Gasteiger partial charge in [0.25, 0.3) is 5.91 Å². The Kier molecular flexibility index (Phi) is 5.57. The number of aromatic nitrogens is 1. The summed E-state index contributed by atoms with van der Waals surface area (Å²) in [5.74, 6) is -1.53. The minimum Gasteiger partial charge on any atom is -0.480 e. The van der Waals surface area contributed by atoms with Crippen molar-refractivity contribution in [3.8, 4) is 0 Å². The van der Waals surface area contributed by atoms with Gasteiger partial charge >= 0.3 is 5.97 Å². The summed E-state index contributed by atoms with van der Waals surface area (Å²) in [7, 11) is 0. The normalized spacial score (nSPS) is 12.3. The highest BCUT2D eigenvalue weighted by atomic mass is 35.5. The molecule has 0 aliphatic heterocycles. The van der Waals surface area contributed by atoms with Crippen molar-refractivity contribution in [2.24, 2.45) is 5.92 Å². The molecule has 7 heteroatoms. The van der Waals surface area contributed by atoms with Crippen LogP contribution in [0.5, 0.6) is 0 Å². The zero-order valence-electron chi connectivity index (χ0n) is 10.5. The van der Waals surface area contributed by atoms with Gasteiger partial charge in [-0.1, -0.05) is 37.0 Å². The average Bonchev–Trinajstić information content (AvgIpc) is 2.26. The summed E-state index contributed by atoms with van der Waals surface area (Å²) in [6, 6.07) is 1.86. The third-order valence-electron chi connectivity index (χ3n) is 2.37. The van der Waals surface area contributed by atoms with Gasteiger partial charge in [-0.3, -0.25) is 4.79 Å². The number of hydrogen-bond donors (Lipinski definition) is 2. The number of pyridine rings is 1. The fourth-order valence-corrected chi connectivity index (χ4v) is 1.94. The van der Waals surface area contributed by atoms with Crippen LogP contribution in [-0.4, -0.2) is 28.0 Å². The van der Waals surface area contributed by atoms with Crippen LogP contribution < -0.4 is 5.32 Å². The number of carbonyl (C=O) groups excluding carboxylic acids is 1. The monoisotopic (exact) mass is 304 g/mol. The summed E-state index contributed by atoms with van der Waals surface area (Å²) in [4.78, 5) is 26.7. The van der Waals surface area contributed by atoms with Crippen LogP contribution in [0.1, 0.15) is 30.6 Å². The van der Waals surface area contributed by atoms with Gasteiger partial charge < -0.3 is 10.4 Å². The molecule has 0 bridgehead atoms. The smallest absolute Gasteiger partial charge is 0.326 e. The lowest BCUT2D eigenvalue weighted by Gasteiger charge is -2.16. The fourth-order valence-electron chi connectivity index (χ4n) is 1.51. The molecule has 2 N–H and O–H groups in total. The van der Waals surface area contributed by atoms with E-state index in [4.69, 9.17) is 28.3 Å². The molecule has 0 aliphatic rings. The first-order valence-corrected chi connectivity index (χ1v) is 6.42. The van der Waals surface area contributed by atoms with Crippen molar-refractivity contribution >= 4 is 35.1 Å². The molecule has 1 amide bonds. The Morgan fingerprint density at radius 1 is 1.37 bits per heavy atom. The number of rotatable bonds is 5. The van der Waals surface area contributed by atoms with Gasteiger partial charge in [0.2, 0.25) is 0 Å². The zero-order chi connectivity index (χ0) is 14.6. The molecule has 1 aromatic heterocycles. The third kappa shape index (κ3) is 4.69. The third-order valence-corrected chi connectivity index (χ3v) is 2.87. The van der Waals surface area contributed by atoms with E-state index in [1.165, 1.54) is 12.1 Å². The van der Waals surface area contributed by atoms with Crippen LogP contribution in [0.25, 0.3) is 0 Å². The minimum absolute atomic E-state index is 0.0568. The van der Waals surface area contributed by atoms with E-state index in [0.29, 0.717) is 6.42 Å². The SMILES string of the molecule is CC(C)C[C@@H](NC(=O)c1ccc(Cl)nc1Cl)C(=O)O. The Hall–Kier alpha value is -1.33. The van der Waals surface area contributed by atoms with Crippen LogP contribution in [-0.2, 0) is 4.79 Å². The summed E-state index contributed by atoms with van der Waals surface area (Å²) < 4.78 is 0. The molecule has 0 spiro atoms. The molecule has 5 nitrogen and oxygen atoms in total. The number of amides is 1. The zero-order valence-corrected chi connectivity index (χ0v) is 12.0. The molecule has 1 rings (SSSR count). The molecule has 1 aromatic rings. The average molecular weight is 305 g/mol. The molecule has 0 saturated carbocycles. The second-order valence-electron chi connectivity index (χ2n) is 4.47. The number of nitrogens with one attached hydrogen (secondary N) is 1. The van der Waals surface area contributed by atoms with Crippen LogP contribution in [0.3, 0.4) is 0 Å². The van der Waals surface area contributed by atoms with Crippen LogP contribution in [0.15, 0.2) is 12.1 Å². The number of hydrogen-bond acceptors (Lipinski definition) is 3. The highest BCUT2D eigenvalue weighted by Crippen LogP contribution is 2.17. The van der Waals surface area contributed by atoms with Gasteiger partial charge in [0, 0.05) is 0 Å². The molecule has 0 fully saturated rings. The van der Waals surface area contributed by atoms with Crippen molar-refractivity contribution in [2.75, 3.05) is 0 Å². The van der Waals surface area contributed by atoms with Gasteiger partial charge in [0.1, 0.15) is 16.3 Å². The van der Waals surface area contributed by atoms with Gasteiger partial charge in [-0.15, -0.1) is 0 Å². The van der Waals surface area contributed by atoms with Gasteiger partial charge in [0.15, 0.2) is 0 Å². The van der Waals surface area contributed by atoms with Crippen molar-refractivity contribution in [3.05, 3.63) is 28.0 Å². The van der Waals surface area contributed by atoms with Crippen LogP contribution >= 0.6 is 23.2 Å². The maximum Gasteiger partial charge on any atom is 0.326 e. The molecule has 104 valence electrons. The van der Waals surface area contributed by atoms with Crippen LogP contribution in [0.4, 0.5) is 0 Å². The summed E-state index contributed by atoms with van der Waals surface area (Å²) in [5, 5.41) is 11.6. The molecule has 1 atom stereocenters. The maximum atomic E-state index is 11.9. The van der Waals surface area contributed by atoms with E-state index in [9.17, 15) is 9.59 Å². The van der Waals surface area contributed by atoms with E-state index in [1.807, 2.05) is 13.8 Å². The summed E-state index contributed by atoms with van der Waals surface area (Å²) >= 11 is 11.4. The molecule has 0 saturated heterocycles. The number of nitrogens with zero attached hydrogens (tertiary/aromatic N) is 1. The lowest BCUT2D eigenvalue weighted by molar-refractivity contribution is -0.139. The summed E-state index contributed by atoms with van der Waals surface area (Å²) in [6.45, 7) is 3.75. The van der Waals surface area contributed by atoms with Gasteiger partial charge in [0.05, 0.1) is 5.56 Å². The molecule has 0 aliphatic carbocycles. The molecule has 0 aromatic carbocycles. The summed E-state index contributed by atoms with van der Waals surface area (Å²) in [6.07, 6.45) is 0.333. The molecular weight excluding hydrogens is 291 g/mol. The number of aliphatic carboxylic acids is 1. The van der Waals surface area contributed by atoms with E-state index in [2.05, 4.69) is 10.3 Å². The van der Waals surface area contributed by atoms with Gasteiger partial charge in [-0.05, 0) is 24.5 Å². The Morgan fingerprint density at radius 2 is 2.00 bits per heavy atom. The lowest BCUT2D eigenvalue weighted by atomic mass is 10.0. The van der Waals surface area contributed by atoms with Crippen molar-refractivity contribution in [2.45, 2.75) is 26.3 Å². The Balaban J connectivity index is 2.84. The standard InChI is InChI=1S/C12H14Cl2N2O3/c1-6(2)5-8(12(18)19)15-11(17)7-3-4-9(13)16-10(7)14/h3-4,6,8H,5H2,1-2H3,(H,15,17)(H,18,19)/t8-/m1/s1. The van der Waals surface area contributed by atoms with E-state index < -0.39 is 17.9 Å². The van der Waals surface area contributed by atoms with Crippen LogP contribution in [0, 0.1) is 5.92 Å². The topological polar surface area (TPSA) is 79.3 Å². The van der Waals surface area contributed by atoms with Crippen molar-refractivity contribution < 1.29 is 14.7 Å². The molecule has 0 unspecified atom stereocenters. The van der Waals surface area contributed by atoms with Gasteiger partial charge in [-0.25, -0.2) is 9.78 Å². The predicted octanol–water partition coefficient (Wildman–Crippen LogP) is 2.62. The minimum atomic E-state index is -1.08. The quantitative estimate of drug-likeness (QED) is 0.820. The van der Waals surface area contributed by atoms with E-state index in [1.54, 1.807) is 0 Å². The highest BCUT2D eigenvalue weighted by Gasteiger charge is 2.23. The largest absolute Gasteiger partial charge is 0.480 e. The van der Waals surface area contributed by atoms with Crippen molar-refractivity contribution in [3.63, 3.8) is 0 Å². The van der Waals surface area contributed by atoms with E-state index >= 15 is 0 Å². The van der Waals surface area contributed by atoms with Crippen molar-refractivity contribution in [1.29, 1.82) is 0 Å². The fraction of sp³-hybridized carbons (Fsp3) is 0.417. The molecule has 1 heterocycles. The van der Waals surface area contributed by atoms with Gasteiger partial charge in [-0.2, -0.15) is 0 Å². The first-order chi connectivity index (χ1) is 8.81. The second kappa shape index (κ2) is 6.73. The van der Waals surface area contributed by atoms with Crippen molar-refractivity contribution in [1.82, 2.24) is 10.3 Å². The number of carbonyl (C=O) groups is 2. The molecular formula is C12H14Cl2N2O3.